The van der Waals surface area contributed by atoms with Crippen molar-refractivity contribution in [1.29, 1.82) is 0 Å². The molecule has 4 rings (SSSR count). The monoisotopic (exact) mass is 410 g/mol. The average molecular weight is 411 g/mol. The van der Waals surface area contributed by atoms with Crippen LogP contribution in [0.1, 0.15) is 46.5 Å². The average Bonchev–Trinajstić information content (AvgIpc) is 2.65. The van der Waals surface area contributed by atoms with Crippen molar-refractivity contribution in [2.75, 3.05) is 0 Å². The number of alkyl halides is 1. The molecule has 138 valence electrons. The van der Waals surface area contributed by atoms with Gasteiger partial charge in [-0.25, -0.2) is 0 Å². The molecule has 0 saturated heterocycles. The molecule has 0 aromatic rings. The summed E-state index contributed by atoms with van der Waals surface area (Å²) in [5.41, 5.74) is -1.49. The van der Waals surface area contributed by atoms with Crippen molar-refractivity contribution in [3.8, 4) is 0 Å². The van der Waals surface area contributed by atoms with Gasteiger partial charge in [-0.1, -0.05) is 43.3 Å². The molecule has 0 aliphatic heterocycles. The van der Waals surface area contributed by atoms with Gasteiger partial charge in [-0.2, -0.15) is 0 Å². The Labute approximate surface area is 157 Å². The van der Waals surface area contributed by atoms with E-state index in [1.54, 1.807) is 0 Å². The summed E-state index contributed by atoms with van der Waals surface area (Å²) in [4.78, 5) is 25.7. The molecule has 0 aromatic heterocycles. The van der Waals surface area contributed by atoms with E-state index in [0.29, 0.717) is 18.4 Å². The van der Waals surface area contributed by atoms with Crippen molar-refractivity contribution in [2.45, 2.75) is 63.5 Å². The molecule has 2 N–H and O–H groups in total. The highest BCUT2D eigenvalue weighted by Crippen LogP contribution is 2.70. The lowest BCUT2D eigenvalue weighted by Crippen LogP contribution is -2.69. The van der Waals surface area contributed by atoms with Crippen molar-refractivity contribution < 1.29 is 19.8 Å². The van der Waals surface area contributed by atoms with Crippen molar-refractivity contribution in [3.63, 3.8) is 0 Å². The predicted molar refractivity (Wildman–Crippen MR) is 97.1 cm³/mol. The summed E-state index contributed by atoms with van der Waals surface area (Å²) in [5, 5.41) is 22.2. The minimum absolute atomic E-state index is 0.00246. The fourth-order valence-electron chi connectivity index (χ4n) is 7.23. The summed E-state index contributed by atoms with van der Waals surface area (Å²) in [5.74, 6) is -0.317. The Kier molecular flexibility index (Phi) is 3.61. The van der Waals surface area contributed by atoms with Crippen LogP contribution in [0.3, 0.4) is 0 Å². The molecule has 4 aliphatic rings. The van der Waals surface area contributed by atoms with Crippen molar-refractivity contribution in [3.05, 3.63) is 12.2 Å². The molecule has 25 heavy (non-hydrogen) atoms. The lowest BCUT2D eigenvalue weighted by molar-refractivity contribution is -0.221. The highest BCUT2D eigenvalue weighted by Gasteiger charge is 2.74. The largest absolute Gasteiger partial charge is 0.392 e. The molecule has 1 unspecified atom stereocenters. The van der Waals surface area contributed by atoms with Crippen LogP contribution in [-0.4, -0.2) is 38.8 Å². The van der Waals surface area contributed by atoms with E-state index in [9.17, 15) is 19.8 Å². The Morgan fingerprint density at radius 3 is 2.40 bits per heavy atom. The van der Waals surface area contributed by atoms with Gasteiger partial charge in [0.15, 0.2) is 11.6 Å². The first kappa shape index (κ1) is 17.9. The van der Waals surface area contributed by atoms with Gasteiger partial charge in [-0.3, -0.25) is 9.59 Å². The Morgan fingerprint density at radius 2 is 1.76 bits per heavy atom. The molecule has 4 fully saturated rings. The Bertz CT molecular complexity index is 685. The molecular weight excluding hydrogens is 384 g/mol. The first-order valence-corrected chi connectivity index (χ1v) is 10.2. The molecule has 4 saturated carbocycles. The van der Waals surface area contributed by atoms with Gasteiger partial charge in [-0.05, 0) is 48.5 Å². The number of rotatable bonds is 0. The lowest BCUT2D eigenvalue weighted by atomic mass is 9.39. The number of hydrogen-bond acceptors (Lipinski definition) is 4. The van der Waals surface area contributed by atoms with Crippen molar-refractivity contribution >= 4 is 27.5 Å². The zero-order valence-corrected chi connectivity index (χ0v) is 16.7. The lowest BCUT2D eigenvalue weighted by Gasteiger charge is -2.65. The summed E-state index contributed by atoms with van der Waals surface area (Å²) >= 11 is 3.57. The molecule has 1 spiro atoms. The number of ketones is 2. The van der Waals surface area contributed by atoms with Crippen LogP contribution in [-0.2, 0) is 9.59 Å². The molecule has 4 aliphatic carbocycles. The van der Waals surface area contributed by atoms with Crippen LogP contribution in [0, 0.1) is 34.0 Å². The predicted octanol–water partition coefficient (Wildman–Crippen LogP) is 2.65. The number of halogens is 1. The summed E-state index contributed by atoms with van der Waals surface area (Å²) < 4.78 is 0. The van der Waals surface area contributed by atoms with Gasteiger partial charge in [0.2, 0.25) is 0 Å². The Balaban J connectivity index is 1.90. The van der Waals surface area contributed by atoms with E-state index in [4.69, 9.17) is 0 Å². The van der Waals surface area contributed by atoms with Crippen LogP contribution in [0.25, 0.3) is 0 Å². The van der Waals surface area contributed by atoms with E-state index in [1.165, 1.54) is 0 Å². The second-order valence-corrected chi connectivity index (χ2v) is 10.6. The van der Waals surface area contributed by atoms with Gasteiger partial charge in [0.1, 0.15) is 0 Å². The first-order valence-electron chi connectivity index (χ1n) is 9.28. The molecule has 4 nitrogen and oxygen atoms in total. The molecule has 0 radical (unpaired) electrons. The maximum absolute atomic E-state index is 13.2. The number of hydrogen-bond donors (Lipinski definition) is 2. The Morgan fingerprint density at radius 1 is 1.12 bits per heavy atom. The quantitative estimate of drug-likeness (QED) is 0.475. The van der Waals surface area contributed by atoms with Gasteiger partial charge < -0.3 is 10.2 Å². The van der Waals surface area contributed by atoms with Crippen LogP contribution in [0.15, 0.2) is 12.2 Å². The molecule has 8 atom stereocenters. The second-order valence-electron chi connectivity index (χ2n) is 9.54. The molecule has 5 heteroatoms. The fourth-order valence-corrected chi connectivity index (χ4v) is 8.52. The SMILES string of the molecule is C=C1C(=O)[C@@]23[C@H](O)C[C@@H]4C(C)(C)C(=O)C(Br)C[C@@]4(C)[C@@H]2CC[C@@H]1[C@H]3O. The smallest absolute Gasteiger partial charge is 0.170 e. The van der Waals surface area contributed by atoms with E-state index in [1.807, 2.05) is 13.8 Å². The van der Waals surface area contributed by atoms with Gasteiger partial charge in [0.25, 0.3) is 0 Å². The number of aliphatic hydroxyl groups excluding tert-OH is 2. The molecule has 0 heterocycles. The molecule has 2 bridgehead atoms. The zero-order valence-electron chi connectivity index (χ0n) is 15.1. The number of carbonyl (C=O) groups is 2. The maximum Gasteiger partial charge on any atom is 0.170 e. The van der Waals surface area contributed by atoms with Crippen LogP contribution in [0.2, 0.25) is 0 Å². The van der Waals surface area contributed by atoms with Gasteiger partial charge in [0, 0.05) is 11.3 Å². The summed E-state index contributed by atoms with van der Waals surface area (Å²) in [6, 6.07) is 0. The third-order valence-corrected chi connectivity index (χ3v) is 9.10. The van der Waals surface area contributed by atoms with E-state index < -0.39 is 23.0 Å². The Hall–Kier alpha value is -0.520. The summed E-state index contributed by atoms with van der Waals surface area (Å²) in [6.45, 7) is 10.0. The molecule has 0 amide bonds. The summed E-state index contributed by atoms with van der Waals surface area (Å²) in [6.07, 6.45) is 0.784. The van der Waals surface area contributed by atoms with E-state index in [0.717, 1.165) is 12.8 Å². The third kappa shape index (κ3) is 1.80. The molecule has 0 aromatic carbocycles. The van der Waals surface area contributed by atoms with Crippen LogP contribution in [0.4, 0.5) is 0 Å². The maximum atomic E-state index is 13.2. The van der Waals surface area contributed by atoms with Crippen LogP contribution >= 0.6 is 15.9 Å². The highest BCUT2D eigenvalue weighted by molar-refractivity contribution is 9.10. The van der Waals surface area contributed by atoms with Crippen molar-refractivity contribution in [2.24, 2.45) is 34.0 Å². The topological polar surface area (TPSA) is 74.6 Å². The molecular formula is C20H27BrO4. The second kappa shape index (κ2) is 5.05. The standard InChI is InChI=1S/C20H27BrO4/c1-9-10-5-6-12-19(4)8-11(21)17(25)18(2,3)13(19)7-14(22)20(12,15(9)23)16(10)24/h10-14,16,22,24H,1,5-8H2,2-4H3/t10-,11?,12-,13+,14+,16+,19-,20-/m0/s1. The minimum atomic E-state index is -1.13. The normalized spacial score (nSPS) is 54.2. The van der Waals surface area contributed by atoms with Gasteiger partial charge >= 0.3 is 0 Å². The van der Waals surface area contributed by atoms with E-state index >= 15 is 0 Å². The highest BCUT2D eigenvalue weighted by atomic mass is 79.9. The number of fused-ring (bicyclic) bond motifs is 3. The number of Topliss-reactive ketones (excluding diaryl/α,β-unsaturated/α-hetero) is 2. The summed E-state index contributed by atoms with van der Waals surface area (Å²) in [7, 11) is 0. The van der Waals surface area contributed by atoms with E-state index in [2.05, 4.69) is 29.4 Å². The fraction of sp³-hybridized carbons (Fsp3) is 0.800. The van der Waals surface area contributed by atoms with E-state index in [-0.39, 0.29) is 39.6 Å². The third-order valence-electron chi connectivity index (χ3n) is 8.36. The van der Waals surface area contributed by atoms with Crippen LogP contribution in [0.5, 0.6) is 0 Å². The van der Waals surface area contributed by atoms with Gasteiger partial charge in [-0.15, -0.1) is 0 Å². The van der Waals surface area contributed by atoms with Crippen LogP contribution < -0.4 is 0 Å². The zero-order chi connectivity index (χ0) is 18.5. The number of aliphatic hydroxyl groups is 2. The number of carbonyl (C=O) groups excluding carboxylic acids is 2. The first-order chi connectivity index (χ1) is 11.5. The minimum Gasteiger partial charge on any atom is -0.392 e. The van der Waals surface area contributed by atoms with Crippen molar-refractivity contribution in [1.82, 2.24) is 0 Å². The van der Waals surface area contributed by atoms with Gasteiger partial charge in [0.05, 0.1) is 22.5 Å².